The molecule has 2 rings (SSSR count). The predicted molar refractivity (Wildman–Crippen MR) is 79.4 cm³/mol. The van der Waals surface area contributed by atoms with Gasteiger partial charge in [0.2, 0.25) is 0 Å². The molecule has 1 heterocycles. The van der Waals surface area contributed by atoms with Crippen LogP contribution in [0.2, 0.25) is 0 Å². The highest BCUT2D eigenvalue weighted by Gasteiger charge is 2.07. The van der Waals surface area contributed by atoms with E-state index in [1.54, 1.807) is 56.7 Å². The van der Waals surface area contributed by atoms with Gasteiger partial charge in [0.1, 0.15) is 11.4 Å². The van der Waals surface area contributed by atoms with Crippen LogP contribution in [0.3, 0.4) is 0 Å². The molecule has 0 radical (unpaired) electrons. The van der Waals surface area contributed by atoms with Crippen molar-refractivity contribution >= 4 is 17.5 Å². The van der Waals surface area contributed by atoms with E-state index < -0.39 is 0 Å². The van der Waals surface area contributed by atoms with Crippen molar-refractivity contribution in [2.45, 2.75) is 0 Å². The third-order valence-electron chi connectivity index (χ3n) is 2.82. The highest BCUT2D eigenvalue weighted by Crippen LogP contribution is 2.16. The lowest BCUT2D eigenvalue weighted by Gasteiger charge is -2.11. The minimum Gasteiger partial charge on any atom is -0.484 e. The summed E-state index contributed by atoms with van der Waals surface area (Å²) in [5.74, 6) is 0.249. The number of carbonyl (C=O) groups is 2. The number of hydrogen-bond acceptors (Lipinski definition) is 3. The van der Waals surface area contributed by atoms with E-state index in [2.05, 4.69) is 10.3 Å². The van der Waals surface area contributed by atoms with E-state index in [1.165, 1.54) is 4.90 Å². The van der Waals surface area contributed by atoms with Crippen molar-refractivity contribution in [3.8, 4) is 5.75 Å². The maximum atomic E-state index is 11.8. The monoisotopic (exact) mass is 287 g/mol. The van der Waals surface area contributed by atoms with Crippen LogP contribution in [-0.4, -0.2) is 42.4 Å². The fraction of sp³-hybridized carbons (Fsp3) is 0.200. The Labute approximate surface area is 122 Å². The van der Waals surface area contributed by atoms with Crippen molar-refractivity contribution in [1.29, 1.82) is 0 Å². The number of carbonyl (C=O) groups excluding carboxylic acids is 2. The summed E-state index contributed by atoms with van der Waals surface area (Å²) >= 11 is 0. The number of amides is 2. The zero-order valence-corrected chi connectivity index (χ0v) is 11.9. The molecule has 0 aliphatic rings. The number of aromatic nitrogens is 1. The number of nitrogens with zero attached hydrogens (tertiary/aromatic N) is 1. The van der Waals surface area contributed by atoms with Crippen molar-refractivity contribution in [2.75, 3.05) is 26.0 Å². The molecule has 0 spiro atoms. The van der Waals surface area contributed by atoms with Gasteiger partial charge in [-0.1, -0.05) is 0 Å². The lowest BCUT2D eigenvalue weighted by atomic mass is 10.3. The van der Waals surface area contributed by atoms with Gasteiger partial charge in [0, 0.05) is 26.0 Å². The van der Waals surface area contributed by atoms with Gasteiger partial charge in [-0.05, 0) is 36.4 Å². The van der Waals surface area contributed by atoms with E-state index in [4.69, 9.17) is 4.74 Å². The molecular formula is C15H17N3O3. The van der Waals surface area contributed by atoms with Crippen LogP contribution in [0.1, 0.15) is 10.5 Å². The van der Waals surface area contributed by atoms with Gasteiger partial charge >= 0.3 is 0 Å². The maximum absolute atomic E-state index is 11.8. The number of H-pyrrole nitrogens is 1. The smallest absolute Gasteiger partial charge is 0.272 e. The lowest BCUT2D eigenvalue weighted by Crippen LogP contribution is -2.27. The largest absolute Gasteiger partial charge is 0.484 e. The van der Waals surface area contributed by atoms with Crippen molar-refractivity contribution in [1.82, 2.24) is 9.88 Å². The van der Waals surface area contributed by atoms with E-state index in [9.17, 15) is 9.59 Å². The van der Waals surface area contributed by atoms with Crippen molar-refractivity contribution in [2.24, 2.45) is 0 Å². The number of hydrogen-bond donors (Lipinski definition) is 2. The molecule has 110 valence electrons. The quantitative estimate of drug-likeness (QED) is 0.879. The molecule has 0 saturated heterocycles. The van der Waals surface area contributed by atoms with Crippen LogP contribution < -0.4 is 10.1 Å². The first kappa shape index (κ1) is 14.6. The van der Waals surface area contributed by atoms with E-state index in [0.717, 1.165) is 0 Å². The second-order valence-electron chi connectivity index (χ2n) is 4.64. The first-order valence-electron chi connectivity index (χ1n) is 6.44. The van der Waals surface area contributed by atoms with Crippen LogP contribution in [0.5, 0.6) is 5.75 Å². The van der Waals surface area contributed by atoms with E-state index in [1.807, 2.05) is 0 Å². The molecule has 1 aromatic heterocycles. The lowest BCUT2D eigenvalue weighted by molar-refractivity contribution is -0.130. The summed E-state index contributed by atoms with van der Waals surface area (Å²) in [7, 11) is 3.34. The maximum Gasteiger partial charge on any atom is 0.272 e. The first-order valence-corrected chi connectivity index (χ1v) is 6.44. The number of ether oxygens (including phenoxy) is 1. The molecule has 0 fully saturated rings. The Morgan fingerprint density at radius 3 is 2.48 bits per heavy atom. The highest BCUT2D eigenvalue weighted by molar-refractivity contribution is 6.02. The Hall–Kier alpha value is -2.76. The molecule has 0 unspecified atom stereocenters. The molecule has 21 heavy (non-hydrogen) atoms. The Morgan fingerprint density at radius 1 is 1.19 bits per heavy atom. The first-order chi connectivity index (χ1) is 10.1. The minimum absolute atomic E-state index is 0.0127. The zero-order chi connectivity index (χ0) is 15.2. The normalized spacial score (nSPS) is 10.0. The molecule has 2 N–H and O–H groups in total. The average molecular weight is 287 g/mol. The number of nitrogens with one attached hydrogen (secondary N) is 2. The fourth-order valence-corrected chi connectivity index (χ4v) is 1.58. The van der Waals surface area contributed by atoms with Gasteiger partial charge in [-0.25, -0.2) is 0 Å². The minimum atomic E-state index is -0.212. The van der Waals surface area contributed by atoms with Crippen LogP contribution in [0.4, 0.5) is 5.69 Å². The Bertz CT molecular complexity index is 604. The Kier molecular flexibility index (Phi) is 4.61. The molecule has 6 nitrogen and oxygen atoms in total. The zero-order valence-electron chi connectivity index (χ0n) is 11.9. The van der Waals surface area contributed by atoms with Crippen LogP contribution in [0.15, 0.2) is 42.6 Å². The summed E-state index contributed by atoms with van der Waals surface area (Å²) in [6.45, 7) is -0.0127. The molecule has 0 aliphatic carbocycles. The molecule has 2 amide bonds. The Balaban J connectivity index is 1.90. The summed E-state index contributed by atoms with van der Waals surface area (Å²) in [5.41, 5.74) is 1.15. The standard InChI is InChI=1S/C15H17N3O3/c1-18(2)14(19)10-21-12-7-5-11(6-8-12)17-15(20)13-4-3-9-16-13/h3-9,16H,10H2,1-2H3,(H,17,20). The molecule has 0 atom stereocenters. The number of aromatic amines is 1. The molecule has 0 bridgehead atoms. The van der Waals surface area contributed by atoms with Crippen LogP contribution in [0.25, 0.3) is 0 Å². The van der Waals surface area contributed by atoms with E-state index >= 15 is 0 Å². The third kappa shape index (κ3) is 4.10. The molecule has 0 saturated carbocycles. The van der Waals surface area contributed by atoms with Gasteiger partial charge in [0.25, 0.3) is 11.8 Å². The fourth-order valence-electron chi connectivity index (χ4n) is 1.58. The summed E-state index contributed by atoms with van der Waals surface area (Å²) < 4.78 is 5.35. The SMILES string of the molecule is CN(C)C(=O)COc1ccc(NC(=O)c2ccc[nH]2)cc1. The van der Waals surface area contributed by atoms with Gasteiger partial charge in [-0.3, -0.25) is 9.59 Å². The Morgan fingerprint density at radius 2 is 1.90 bits per heavy atom. The molecule has 2 aromatic rings. The van der Waals surface area contributed by atoms with E-state index in [-0.39, 0.29) is 18.4 Å². The number of anilines is 1. The van der Waals surface area contributed by atoms with Crippen molar-refractivity contribution in [3.63, 3.8) is 0 Å². The van der Waals surface area contributed by atoms with Crippen molar-refractivity contribution < 1.29 is 14.3 Å². The third-order valence-corrected chi connectivity index (χ3v) is 2.82. The number of rotatable bonds is 5. The van der Waals surface area contributed by atoms with Crippen LogP contribution in [0, 0.1) is 0 Å². The molecular weight excluding hydrogens is 270 g/mol. The van der Waals surface area contributed by atoms with Gasteiger partial charge < -0.3 is 19.9 Å². The second-order valence-corrected chi connectivity index (χ2v) is 4.64. The molecule has 0 aliphatic heterocycles. The average Bonchev–Trinajstić information content (AvgIpc) is 3.00. The predicted octanol–water partition coefficient (Wildman–Crippen LogP) is 1.73. The summed E-state index contributed by atoms with van der Waals surface area (Å²) in [6.07, 6.45) is 1.69. The van der Waals surface area contributed by atoms with Gasteiger partial charge in [-0.15, -0.1) is 0 Å². The van der Waals surface area contributed by atoms with Crippen LogP contribution >= 0.6 is 0 Å². The van der Waals surface area contributed by atoms with Gasteiger partial charge in [-0.2, -0.15) is 0 Å². The van der Waals surface area contributed by atoms with Gasteiger partial charge in [0.15, 0.2) is 6.61 Å². The van der Waals surface area contributed by atoms with Crippen molar-refractivity contribution in [3.05, 3.63) is 48.3 Å². The number of likely N-dealkylation sites (N-methyl/N-ethyl adjacent to an activating group) is 1. The molecule has 6 heteroatoms. The van der Waals surface area contributed by atoms with Crippen LogP contribution in [-0.2, 0) is 4.79 Å². The molecule has 1 aromatic carbocycles. The van der Waals surface area contributed by atoms with Gasteiger partial charge in [0.05, 0.1) is 0 Å². The summed E-state index contributed by atoms with van der Waals surface area (Å²) in [4.78, 5) is 27.5. The highest BCUT2D eigenvalue weighted by atomic mass is 16.5. The second kappa shape index (κ2) is 6.60. The summed E-state index contributed by atoms with van der Waals surface area (Å²) in [6, 6.07) is 10.3. The topological polar surface area (TPSA) is 74.4 Å². The number of benzene rings is 1. The van der Waals surface area contributed by atoms with E-state index in [0.29, 0.717) is 17.1 Å². The summed E-state index contributed by atoms with van der Waals surface area (Å²) in [5, 5.41) is 2.75.